The van der Waals surface area contributed by atoms with Gasteiger partial charge in [-0.1, -0.05) is 32.1 Å². The molecule has 0 aromatic carbocycles. The van der Waals surface area contributed by atoms with Crippen molar-refractivity contribution in [2.45, 2.75) is 20.3 Å². The first kappa shape index (κ1) is 12.0. The Balaban J connectivity index is 2.53. The summed E-state index contributed by atoms with van der Waals surface area (Å²) < 4.78 is 5.26. The van der Waals surface area contributed by atoms with E-state index in [2.05, 4.69) is 31.8 Å². The minimum Gasteiger partial charge on any atom is -0.377 e. The summed E-state index contributed by atoms with van der Waals surface area (Å²) in [6, 6.07) is 0. The van der Waals surface area contributed by atoms with Crippen LogP contribution in [-0.2, 0) is 9.53 Å². The fraction of sp³-hybridized carbons (Fsp3) is 0.583. The summed E-state index contributed by atoms with van der Waals surface area (Å²) in [4.78, 5) is 11.1. The minimum absolute atomic E-state index is 0.00243. The molecule has 0 saturated heterocycles. The Bertz CT molecular complexity index is 279. The molecule has 0 unspecified atom stereocenters. The van der Waals surface area contributed by atoms with Gasteiger partial charge in [-0.3, -0.25) is 4.79 Å². The highest BCUT2D eigenvalue weighted by atomic mass is 16.5. The maximum Gasteiger partial charge on any atom is 0.243 e. The third kappa shape index (κ3) is 3.51. The number of carbonyl (C=O) groups excluding carboxylic acids is 1. The van der Waals surface area contributed by atoms with Crippen LogP contribution in [0.4, 0.5) is 0 Å². The van der Waals surface area contributed by atoms with Crippen LogP contribution in [0.15, 0.2) is 24.3 Å². The topological polar surface area (TPSA) is 38.3 Å². The molecule has 0 fully saturated rings. The standard InChI is InChI=1S/C12H19NO2/c1-4-11(14)13-9-12(2,3)10-5-7-15-8-6-10/h4-5H,1,6-9H2,2-3H3,(H,13,14). The lowest BCUT2D eigenvalue weighted by Crippen LogP contribution is -2.35. The van der Waals surface area contributed by atoms with Gasteiger partial charge < -0.3 is 10.1 Å². The summed E-state index contributed by atoms with van der Waals surface area (Å²) in [5.74, 6) is -0.115. The molecule has 0 aromatic rings. The average molecular weight is 209 g/mol. The van der Waals surface area contributed by atoms with Gasteiger partial charge in [0.15, 0.2) is 0 Å². The molecule has 0 aliphatic carbocycles. The van der Waals surface area contributed by atoms with E-state index in [1.165, 1.54) is 11.6 Å². The van der Waals surface area contributed by atoms with E-state index < -0.39 is 0 Å². The van der Waals surface area contributed by atoms with Crippen molar-refractivity contribution in [2.24, 2.45) is 5.41 Å². The van der Waals surface area contributed by atoms with Crippen LogP contribution in [-0.4, -0.2) is 25.7 Å². The molecule has 0 spiro atoms. The van der Waals surface area contributed by atoms with E-state index in [-0.39, 0.29) is 11.3 Å². The largest absolute Gasteiger partial charge is 0.377 e. The lowest BCUT2D eigenvalue weighted by Gasteiger charge is -2.30. The molecule has 0 bridgehead atoms. The van der Waals surface area contributed by atoms with Crippen LogP contribution in [0.1, 0.15) is 20.3 Å². The first-order valence-electron chi connectivity index (χ1n) is 5.24. The summed E-state index contributed by atoms with van der Waals surface area (Å²) in [7, 11) is 0. The Morgan fingerprint density at radius 3 is 3.00 bits per heavy atom. The number of hydrogen-bond acceptors (Lipinski definition) is 2. The predicted molar refractivity (Wildman–Crippen MR) is 60.5 cm³/mol. The van der Waals surface area contributed by atoms with Gasteiger partial charge >= 0.3 is 0 Å². The zero-order chi connectivity index (χ0) is 11.3. The van der Waals surface area contributed by atoms with Gasteiger partial charge in [-0.05, 0) is 12.5 Å². The van der Waals surface area contributed by atoms with E-state index in [0.717, 1.165) is 13.0 Å². The summed E-state index contributed by atoms with van der Waals surface area (Å²) in [5.41, 5.74) is 1.36. The van der Waals surface area contributed by atoms with E-state index >= 15 is 0 Å². The molecule has 0 saturated carbocycles. The van der Waals surface area contributed by atoms with E-state index in [1.807, 2.05) is 0 Å². The number of amides is 1. The van der Waals surface area contributed by atoms with Crippen molar-refractivity contribution in [3.63, 3.8) is 0 Å². The fourth-order valence-corrected chi connectivity index (χ4v) is 1.64. The van der Waals surface area contributed by atoms with Crippen LogP contribution in [0.25, 0.3) is 0 Å². The third-order valence-electron chi connectivity index (χ3n) is 2.72. The highest BCUT2D eigenvalue weighted by Gasteiger charge is 2.24. The monoisotopic (exact) mass is 209 g/mol. The Hall–Kier alpha value is -1.09. The zero-order valence-electron chi connectivity index (χ0n) is 9.51. The van der Waals surface area contributed by atoms with Gasteiger partial charge in [-0.2, -0.15) is 0 Å². The lowest BCUT2D eigenvalue weighted by atomic mass is 9.81. The van der Waals surface area contributed by atoms with Gasteiger partial charge in [-0.25, -0.2) is 0 Å². The SMILES string of the molecule is C=CC(=O)NCC(C)(C)C1=CCOCC1. The Kier molecular flexibility index (Phi) is 4.09. The molecule has 0 radical (unpaired) electrons. The van der Waals surface area contributed by atoms with Crippen LogP contribution in [0.2, 0.25) is 0 Å². The summed E-state index contributed by atoms with van der Waals surface area (Å²) in [5, 5.41) is 2.83. The van der Waals surface area contributed by atoms with Gasteiger partial charge in [0, 0.05) is 12.0 Å². The highest BCUT2D eigenvalue weighted by Crippen LogP contribution is 2.29. The van der Waals surface area contributed by atoms with E-state index in [9.17, 15) is 4.79 Å². The van der Waals surface area contributed by atoms with E-state index in [0.29, 0.717) is 13.2 Å². The number of hydrogen-bond donors (Lipinski definition) is 1. The van der Waals surface area contributed by atoms with Crippen molar-refractivity contribution in [1.29, 1.82) is 0 Å². The first-order chi connectivity index (χ1) is 7.06. The summed E-state index contributed by atoms with van der Waals surface area (Å²) in [6.07, 6.45) is 4.37. The van der Waals surface area contributed by atoms with Crippen LogP contribution < -0.4 is 5.32 Å². The summed E-state index contributed by atoms with van der Waals surface area (Å²) in [6.45, 7) is 9.81. The average Bonchev–Trinajstić information content (AvgIpc) is 2.27. The summed E-state index contributed by atoms with van der Waals surface area (Å²) >= 11 is 0. The van der Waals surface area contributed by atoms with Crippen molar-refractivity contribution >= 4 is 5.91 Å². The van der Waals surface area contributed by atoms with Crippen molar-refractivity contribution in [3.8, 4) is 0 Å². The number of carbonyl (C=O) groups is 1. The normalized spacial score (nSPS) is 16.8. The van der Waals surface area contributed by atoms with Gasteiger partial charge in [0.05, 0.1) is 13.2 Å². The van der Waals surface area contributed by atoms with Crippen molar-refractivity contribution < 1.29 is 9.53 Å². The zero-order valence-corrected chi connectivity index (χ0v) is 9.51. The number of nitrogens with one attached hydrogen (secondary N) is 1. The predicted octanol–water partition coefficient (Wildman–Crippen LogP) is 1.66. The van der Waals surface area contributed by atoms with Gasteiger partial charge in [0.25, 0.3) is 0 Å². The molecule has 1 heterocycles. The molecule has 3 heteroatoms. The third-order valence-corrected chi connectivity index (χ3v) is 2.72. The molecule has 3 nitrogen and oxygen atoms in total. The molecule has 0 aromatic heterocycles. The molecule has 1 rings (SSSR count). The molecular weight excluding hydrogens is 190 g/mol. The molecule has 1 aliphatic heterocycles. The highest BCUT2D eigenvalue weighted by molar-refractivity contribution is 5.86. The van der Waals surface area contributed by atoms with Crippen LogP contribution in [0.5, 0.6) is 0 Å². The Morgan fingerprint density at radius 2 is 2.47 bits per heavy atom. The lowest BCUT2D eigenvalue weighted by molar-refractivity contribution is -0.116. The molecular formula is C12H19NO2. The smallest absolute Gasteiger partial charge is 0.243 e. The Morgan fingerprint density at radius 1 is 1.73 bits per heavy atom. The molecule has 0 atom stereocenters. The molecule has 1 N–H and O–H groups in total. The van der Waals surface area contributed by atoms with Gasteiger partial charge in [0.2, 0.25) is 5.91 Å². The van der Waals surface area contributed by atoms with E-state index in [1.54, 1.807) is 0 Å². The molecule has 84 valence electrons. The molecule has 15 heavy (non-hydrogen) atoms. The van der Waals surface area contributed by atoms with Gasteiger partial charge in [0.1, 0.15) is 0 Å². The van der Waals surface area contributed by atoms with Crippen molar-refractivity contribution in [3.05, 3.63) is 24.3 Å². The Labute approximate surface area is 91.2 Å². The number of rotatable bonds is 4. The maximum atomic E-state index is 11.1. The molecule has 1 aliphatic rings. The van der Waals surface area contributed by atoms with Crippen LogP contribution >= 0.6 is 0 Å². The van der Waals surface area contributed by atoms with Crippen LogP contribution in [0, 0.1) is 5.41 Å². The van der Waals surface area contributed by atoms with Crippen molar-refractivity contribution in [1.82, 2.24) is 5.32 Å². The second kappa shape index (κ2) is 5.12. The van der Waals surface area contributed by atoms with Crippen molar-refractivity contribution in [2.75, 3.05) is 19.8 Å². The minimum atomic E-state index is -0.115. The maximum absolute atomic E-state index is 11.1. The molecule has 1 amide bonds. The van der Waals surface area contributed by atoms with Crippen LogP contribution in [0.3, 0.4) is 0 Å². The number of ether oxygens (including phenoxy) is 1. The van der Waals surface area contributed by atoms with Gasteiger partial charge in [-0.15, -0.1) is 0 Å². The quantitative estimate of drug-likeness (QED) is 0.565. The second-order valence-corrected chi connectivity index (χ2v) is 4.36. The first-order valence-corrected chi connectivity index (χ1v) is 5.24. The van der Waals surface area contributed by atoms with E-state index in [4.69, 9.17) is 4.74 Å². The second-order valence-electron chi connectivity index (χ2n) is 4.36. The fourth-order valence-electron chi connectivity index (χ4n) is 1.64.